The van der Waals surface area contributed by atoms with Crippen molar-refractivity contribution in [2.24, 2.45) is 0 Å². The number of nitrogens with one attached hydrogen (secondary N) is 1. The molecule has 1 unspecified atom stereocenters. The van der Waals surface area contributed by atoms with Gasteiger partial charge in [-0.05, 0) is 25.1 Å². The van der Waals surface area contributed by atoms with Crippen LogP contribution in [0.4, 0.5) is 24.5 Å². The van der Waals surface area contributed by atoms with Crippen molar-refractivity contribution in [3.63, 3.8) is 0 Å². The van der Waals surface area contributed by atoms with E-state index in [4.69, 9.17) is 9.47 Å². The number of amides is 1. The molecule has 1 atom stereocenters. The minimum Gasteiger partial charge on any atom is -0.453 e. The summed E-state index contributed by atoms with van der Waals surface area (Å²) in [6.07, 6.45) is -6.18. The number of carbonyl (C=O) groups excluding carboxylic acids is 3. The Kier molecular flexibility index (Phi) is 8.27. The van der Waals surface area contributed by atoms with Gasteiger partial charge in [0.1, 0.15) is 0 Å². The van der Waals surface area contributed by atoms with Crippen LogP contribution in [0.3, 0.4) is 0 Å². The van der Waals surface area contributed by atoms with Crippen molar-refractivity contribution in [3.8, 4) is 0 Å². The average Bonchev–Trinajstić information content (AvgIpc) is 2.83. The standard InChI is InChI=1S/C24H25F3N2O5/c1-16(34-22(31)10-9-21(30)17-5-3-2-4-6-17)23(32)28-19-15-18(24(25,26)27)7-8-20(19)29-11-13-33-14-12-29/h2-8,15-16H,9-14H2,1H3,(H,28,32). The van der Waals surface area contributed by atoms with Crippen LogP contribution in [0.2, 0.25) is 0 Å². The van der Waals surface area contributed by atoms with Crippen molar-refractivity contribution in [2.45, 2.75) is 32.0 Å². The fourth-order valence-electron chi connectivity index (χ4n) is 3.42. The summed E-state index contributed by atoms with van der Waals surface area (Å²) in [4.78, 5) is 38.7. The maximum atomic E-state index is 13.2. The monoisotopic (exact) mass is 478 g/mol. The van der Waals surface area contributed by atoms with E-state index < -0.39 is 29.7 Å². The highest BCUT2D eigenvalue weighted by Gasteiger charge is 2.32. The second kappa shape index (κ2) is 11.1. The fraction of sp³-hybridized carbons (Fsp3) is 0.375. The number of nitrogens with zero attached hydrogens (tertiary/aromatic N) is 1. The number of alkyl halides is 3. The molecular weight excluding hydrogens is 453 g/mol. The van der Waals surface area contributed by atoms with Crippen molar-refractivity contribution in [1.29, 1.82) is 0 Å². The minimum atomic E-state index is -4.59. The zero-order valence-electron chi connectivity index (χ0n) is 18.6. The molecule has 1 aliphatic heterocycles. The molecule has 1 N–H and O–H groups in total. The maximum Gasteiger partial charge on any atom is 0.416 e. The molecule has 7 nitrogen and oxygen atoms in total. The summed E-state index contributed by atoms with van der Waals surface area (Å²) in [5.41, 5.74) is -0.0781. The third-order valence-corrected chi connectivity index (χ3v) is 5.26. The molecule has 0 radical (unpaired) electrons. The average molecular weight is 478 g/mol. The lowest BCUT2D eigenvalue weighted by atomic mass is 10.1. The number of morpholine rings is 1. The van der Waals surface area contributed by atoms with Gasteiger partial charge in [0.15, 0.2) is 11.9 Å². The molecule has 182 valence electrons. The Bertz CT molecular complexity index is 1020. The Morgan fingerprint density at radius 2 is 1.74 bits per heavy atom. The summed E-state index contributed by atoms with van der Waals surface area (Å²) in [5, 5.41) is 2.45. The summed E-state index contributed by atoms with van der Waals surface area (Å²) in [5.74, 6) is -1.78. The highest BCUT2D eigenvalue weighted by Crippen LogP contribution is 2.36. The van der Waals surface area contributed by atoms with Crippen LogP contribution >= 0.6 is 0 Å². The van der Waals surface area contributed by atoms with E-state index in [2.05, 4.69) is 5.32 Å². The van der Waals surface area contributed by atoms with Crippen molar-refractivity contribution < 1.29 is 37.0 Å². The van der Waals surface area contributed by atoms with Crippen LogP contribution in [0.15, 0.2) is 48.5 Å². The quantitative estimate of drug-likeness (QED) is 0.455. The molecule has 1 fully saturated rings. The summed E-state index contributed by atoms with van der Waals surface area (Å²) in [7, 11) is 0. The first-order valence-electron chi connectivity index (χ1n) is 10.8. The first kappa shape index (κ1) is 25.2. The molecule has 0 spiro atoms. The van der Waals surface area contributed by atoms with Crippen LogP contribution in [0.5, 0.6) is 0 Å². The number of Topliss-reactive ketones (excluding diaryl/α,β-unsaturated/α-hetero) is 1. The van der Waals surface area contributed by atoms with Gasteiger partial charge in [0, 0.05) is 25.1 Å². The van der Waals surface area contributed by atoms with Crippen LogP contribution in [0.1, 0.15) is 35.7 Å². The van der Waals surface area contributed by atoms with Gasteiger partial charge in [-0.25, -0.2) is 0 Å². The first-order chi connectivity index (χ1) is 16.1. The van der Waals surface area contributed by atoms with Gasteiger partial charge < -0.3 is 19.7 Å². The number of anilines is 2. The highest BCUT2D eigenvalue weighted by molar-refractivity contribution is 5.99. The van der Waals surface area contributed by atoms with Gasteiger partial charge in [-0.1, -0.05) is 30.3 Å². The predicted molar refractivity (Wildman–Crippen MR) is 119 cm³/mol. The summed E-state index contributed by atoms with van der Waals surface area (Å²) in [6.45, 7) is 3.03. The summed E-state index contributed by atoms with van der Waals surface area (Å²) < 4.78 is 50.1. The third-order valence-electron chi connectivity index (χ3n) is 5.26. The number of halogens is 3. The zero-order chi connectivity index (χ0) is 24.7. The smallest absolute Gasteiger partial charge is 0.416 e. The molecule has 0 bridgehead atoms. The van der Waals surface area contributed by atoms with E-state index >= 15 is 0 Å². The molecule has 0 aliphatic carbocycles. The van der Waals surface area contributed by atoms with Crippen LogP contribution in [-0.4, -0.2) is 50.1 Å². The maximum absolute atomic E-state index is 13.2. The molecule has 0 saturated carbocycles. The first-order valence-corrected chi connectivity index (χ1v) is 10.8. The van der Waals surface area contributed by atoms with Crippen molar-refractivity contribution in [1.82, 2.24) is 0 Å². The van der Waals surface area contributed by atoms with Crippen molar-refractivity contribution >= 4 is 29.0 Å². The van der Waals surface area contributed by atoms with Crippen molar-refractivity contribution in [3.05, 3.63) is 59.7 Å². The number of hydrogen-bond donors (Lipinski definition) is 1. The molecule has 2 aromatic carbocycles. The topological polar surface area (TPSA) is 84.9 Å². The Hall–Kier alpha value is -3.40. The molecule has 3 rings (SSSR count). The van der Waals surface area contributed by atoms with E-state index in [-0.39, 0.29) is 24.3 Å². The predicted octanol–water partition coefficient (Wildman–Crippen LogP) is 4.08. The Labute approximate surface area is 194 Å². The van der Waals surface area contributed by atoms with Gasteiger partial charge >= 0.3 is 12.1 Å². The Balaban J connectivity index is 1.63. The van der Waals surface area contributed by atoms with E-state index in [1.54, 1.807) is 30.3 Å². The molecule has 1 heterocycles. The number of rotatable bonds is 8. The van der Waals surface area contributed by atoms with Gasteiger partial charge in [-0.3, -0.25) is 14.4 Å². The van der Waals surface area contributed by atoms with Crippen molar-refractivity contribution in [2.75, 3.05) is 36.5 Å². The number of ether oxygens (including phenoxy) is 2. The number of carbonyl (C=O) groups is 3. The lowest BCUT2D eigenvalue weighted by molar-refractivity contribution is -0.153. The summed E-state index contributed by atoms with van der Waals surface area (Å²) in [6, 6.07) is 11.5. The lowest BCUT2D eigenvalue weighted by Crippen LogP contribution is -2.37. The van der Waals surface area contributed by atoms with Crippen LogP contribution < -0.4 is 10.2 Å². The number of esters is 1. The molecule has 0 aromatic heterocycles. The molecule has 34 heavy (non-hydrogen) atoms. The number of hydrogen-bond acceptors (Lipinski definition) is 6. The summed E-state index contributed by atoms with van der Waals surface area (Å²) >= 11 is 0. The Morgan fingerprint density at radius 3 is 2.38 bits per heavy atom. The number of benzene rings is 2. The minimum absolute atomic E-state index is 0.0381. The van der Waals surface area contributed by atoms with E-state index in [0.29, 0.717) is 37.6 Å². The van der Waals surface area contributed by atoms with Crippen LogP contribution in [0.25, 0.3) is 0 Å². The second-order valence-electron chi connectivity index (χ2n) is 7.74. The van der Waals surface area contributed by atoms with E-state index in [1.807, 2.05) is 4.90 Å². The van der Waals surface area contributed by atoms with Gasteiger partial charge in [-0.2, -0.15) is 13.2 Å². The molecule has 2 aromatic rings. The SMILES string of the molecule is CC(OC(=O)CCC(=O)c1ccccc1)C(=O)Nc1cc(C(F)(F)F)ccc1N1CCOCC1. The lowest BCUT2D eigenvalue weighted by Gasteiger charge is -2.31. The zero-order valence-corrected chi connectivity index (χ0v) is 18.6. The van der Waals surface area contributed by atoms with Gasteiger partial charge in [0.2, 0.25) is 0 Å². The molecule has 1 amide bonds. The molecule has 10 heteroatoms. The van der Waals surface area contributed by atoms with Gasteiger partial charge in [0.25, 0.3) is 5.91 Å². The van der Waals surface area contributed by atoms with E-state index in [1.165, 1.54) is 13.0 Å². The van der Waals surface area contributed by atoms with E-state index in [0.717, 1.165) is 12.1 Å². The normalized spacial score (nSPS) is 14.9. The second-order valence-corrected chi connectivity index (χ2v) is 7.74. The molecule has 1 aliphatic rings. The number of ketones is 1. The Morgan fingerprint density at radius 1 is 1.06 bits per heavy atom. The fourth-order valence-corrected chi connectivity index (χ4v) is 3.42. The molecular formula is C24H25F3N2O5. The van der Waals surface area contributed by atoms with Gasteiger partial charge in [-0.15, -0.1) is 0 Å². The van der Waals surface area contributed by atoms with E-state index in [9.17, 15) is 27.6 Å². The van der Waals surface area contributed by atoms with Crippen LogP contribution in [0, 0.1) is 0 Å². The highest BCUT2D eigenvalue weighted by atomic mass is 19.4. The van der Waals surface area contributed by atoms with Gasteiger partial charge in [0.05, 0.1) is 36.6 Å². The van der Waals surface area contributed by atoms with Crippen LogP contribution in [-0.2, 0) is 25.2 Å². The molecule has 1 saturated heterocycles. The largest absolute Gasteiger partial charge is 0.453 e. The third kappa shape index (κ3) is 6.80.